The van der Waals surface area contributed by atoms with Crippen molar-refractivity contribution in [1.82, 2.24) is 0 Å². The third kappa shape index (κ3) is 7.01. The molecule has 0 bridgehead atoms. The molecule has 0 saturated carbocycles. The quantitative estimate of drug-likeness (QED) is 0.462. The maximum absolute atomic E-state index is 6.94. The summed E-state index contributed by atoms with van der Waals surface area (Å²) in [6.07, 6.45) is 0. The summed E-state index contributed by atoms with van der Waals surface area (Å²) in [5.41, 5.74) is 8.02. The monoisotopic (exact) mass is 356 g/mol. The molecule has 1 aromatic carbocycles. The van der Waals surface area contributed by atoms with E-state index in [1.807, 2.05) is 30.3 Å². The summed E-state index contributed by atoms with van der Waals surface area (Å²) >= 11 is 0. The van der Waals surface area contributed by atoms with Crippen LogP contribution in [0.3, 0.4) is 0 Å². The van der Waals surface area contributed by atoms with E-state index in [1.165, 1.54) is 0 Å². The Bertz CT molecular complexity index is 158. The summed E-state index contributed by atoms with van der Waals surface area (Å²) in [4.78, 5) is 0. The van der Waals surface area contributed by atoms with Gasteiger partial charge >= 0.3 is 0 Å². The fourth-order valence-corrected chi connectivity index (χ4v) is 0.596. The van der Waals surface area contributed by atoms with Gasteiger partial charge in [-0.1, -0.05) is 35.9 Å². The van der Waals surface area contributed by atoms with Gasteiger partial charge in [0, 0.05) is 25.8 Å². The number of nitrogens with one attached hydrogen (secondary N) is 1. The van der Waals surface area contributed by atoms with E-state index in [0.717, 1.165) is 5.56 Å². The first-order valence-electron chi connectivity index (χ1n) is 2.62. The van der Waals surface area contributed by atoms with E-state index in [-0.39, 0.29) is 50.7 Å². The number of hydrogen-bond acceptors (Lipinski definition) is 0. The maximum Gasteiger partial charge on any atom is 0 e. The smallest absolute Gasteiger partial charge is 0 e. The predicted octanol–water partition coefficient (Wildman–Crippen LogP) is -3.76. The summed E-state index contributed by atoms with van der Waals surface area (Å²) in [7, 11) is 0. The molecule has 62 valence electrons. The van der Waals surface area contributed by atoms with Crippen LogP contribution in [0.25, 0.3) is 5.73 Å². The predicted molar refractivity (Wildman–Crippen MR) is 34.5 cm³/mol. The molecule has 0 unspecified atom stereocenters. The molecule has 1 rings (SSSR count). The third-order valence-corrected chi connectivity index (χ3v) is 1.05. The Hall–Kier alpha value is 0.630. The van der Waals surface area contributed by atoms with Crippen LogP contribution in [0, 0.1) is 0 Å². The van der Waals surface area contributed by atoms with Gasteiger partial charge in [-0.2, -0.15) is 0 Å². The van der Waals surface area contributed by atoms with Crippen molar-refractivity contribution in [3.05, 3.63) is 41.6 Å². The molecule has 1 nitrogen and oxygen atoms in total. The van der Waals surface area contributed by atoms with Crippen LogP contribution in [0.1, 0.15) is 5.56 Å². The number of benzene rings is 1. The zero-order valence-corrected chi connectivity index (χ0v) is 11.0. The molecular formula is C7H8Cl2HfN-3. The van der Waals surface area contributed by atoms with E-state index in [9.17, 15) is 0 Å². The van der Waals surface area contributed by atoms with Gasteiger partial charge in [0.2, 0.25) is 0 Å². The summed E-state index contributed by atoms with van der Waals surface area (Å²) in [6.45, 7) is 0.390. The fraction of sp³-hybridized carbons (Fsp3) is 0.143. The van der Waals surface area contributed by atoms with Gasteiger partial charge in [-0.25, -0.2) is 0 Å². The summed E-state index contributed by atoms with van der Waals surface area (Å²) in [5.74, 6) is 0. The van der Waals surface area contributed by atoms with Crippen LogP contribution in [-0.2, 0) is 32.4 Å². The van der Waals surface area contributed by atoms with E-state index < -0.39 is 0 Å². The maximum atomic E-state index is 6.94. The van der Waals surface area contributed by atoms with Crippen LogP contribution in [0.5, 0.6) is 0 Å². The minimum atomic E-state index is 0. The Morgan fingerprint density at radius 2 is 1.45 bits per heavy atom. The number of rotatable bonds is 1. The first kappa shape index (κ1) is 17.6. The summed E-state index contributed by atoms with van der Waals surface area (Å²) in [6, 6.07) is 9.76. The van der Waals surface area contributed by atoms with Crippen LogP contribution >= 0.6 is 0 Å². The van der Waals surface area contributed by atoms with Crippen molar-refractivity contribution in [3.8, 4) is 0 Å². The van der Waals surface area contributed by atoms with Gasteiger partial charge in [-0.3, -0.25) is 0 Å². The second-order valence-electron chi connectivity index (χ2n) is 1.66. The van der Waals surface area contributed by atoms with Gasteiger partial charge in [-0.15, -0.1) is 6.54 Å². The van der Waals surface area contributed by atoms with Gasteiger partial charge in [-0.05, 0) is 0 Å². The zero-order valence-electron chi connectivity index (χ0n) is 5.85. The van der Waals surface area contributed by atoms with Crippen LogP contribution in [0.2, 0.25) is 0 Å². The number of hydrogen-bond donors (Lipinski definition) is 0. The molecule has 11 heavy (non-hydrogen) atoms. The third-order valence-electron chi connectivity index (χ3n) is 1.05. The van der Waals surface area contributed by atoms with E-state index >= 15 is 0 Å². The SMILES string of the molecule is [Cl-].[Cl-].[Hf].[NH-]Cc1ccccc1. The van der Waals surface area contributed by atoms with Crippen LogP contribution in [-0.4, -0.2) is 0 Å². The topological polar surface area (TPSA) is 23.8 Å². The molecule has 0 saturated heterocycles. The van der Waals surface area contributed by atoms with E-state index in [1.54, 1.807) is 0 Å². The Labute approximate surface area is 98.4 Å². The molecule has 0 aliphatic carbocycles. The van der Waals surface area contributed by atoms with Crippen LogP contribution < -0.4 is 24.8 Å². The van der Waals surface area contributed by atoms with Crippen molar-refractivity contribution in [3.63, 3.8) is 0 Å². The van der Waals surface area contributed by atoms with E-state index in [4.69, 9.17) is 5.73 Å². The minimum absolute atomic E-state index is 0. The molecular weight excluding hydrogens is 347 g/mol. The fourth-order valence-electron chi connectivity index (χ4n) is 0.596. The van der Waals surface area contributed by atoms with Gasteiger partial charge < -0.3 is 30.5 Å². The first-order valence-corrected chi connectivity index (χ1v) is 2.62. The van der Waals surface area contributed by atoms with Crippen molar-refractivity contribution in [2.24, 2.45) is 0 Å². The first-order chi connectivity index (χ1) is 3.93. The zero-order chi connectivity index (χ0) is 5.82. The molecule has 4 heteroatoms. The minimum Gasteiger partial charge on any atom is -1.00 e. The molecule has 0 atom stereocenters. The molecule has 0 amide bonds. The molecule has 0 heterocycles. The molecule has 0 aliphatic rings. The average Bonchev–Trinajstić information content (AvgIpc) is 1.90. The Morgan fingerprint density at radius 1 is 1.00 bits per heavy atom. The average molecular weight is 356 g/mol. The normalized spacial score (nSPS) is 6.64. The van der Waals surface area contributed by atoms with Gasteiger partial charge in [0.25, 0.3) is 0 Å². The standard InChI is InChI=1S/C7H8N.2ClH.Hf/c8-6-7-4-2-1-3-5-7;;;/h1-5,8H,6H2;2*1H;/q-1;;;/p-2. The van der Waals surface area contributed by atoms with Gasteiger partial charge in [0.1, 0.15) is 0 Å². The molecule has 1 aromatic rings. The van der Waals surface area contributed by atoms with Gasteiger partial charge in [0.15, 0.2) is 0 Å². The van der Waals surface area contributed by atoms with E-state index in [2.05, 4.69) is 0 Å². The second-order valence-corrected chi connectivity index (χ2v) is 1.66. The van der Waals surface area contributed by atoms with E-state index in [0.29, 0.717) is 6.54 Å². The Morgan fingerprint density at radius 3 is 1.73 bits per heavy atom. The Balaban J connectivity index is -0.000000213. The molecule has 0 fully saturated rings. The van der Waals surface area contributed by atoms with Crippen molar-refractivity contribution in [2.45, 2.75) is 6.54 Å². The second kappa shape index (κ2) is 10.6. The molecule has 0 spiro atoms. The molecule has 0 aliphatic heterocycles. The van der Waals surface area contributed by atoms with Crippen LogP contribution in [0.15, 0.2) is 30.3 Å². The van der Waals surface area contributed by atoms with Crippen molar-refractivity contribution < 1.29 is 50.7 Å². The number of halogens is 2. The van der Waals surface area contributed by atoms with Crippen molar-refractivity contribution >= 4 is 0 Å². The van der Waals surface area contributed by atoms with Crippen molar-refractivity contribution in [1.29, 1.82) is 0 Å². The van der Waals surface area contributed by atoms with Gasteiger partial charge in [0.05, 0.1) is 0 Å². The summed E-state index contributed by atoms with van der Waals surface area (Å²) in [5, 5.41) is 0. The van der Waals surface area contributed by atoms with Crippen molar-refractivity contribution in [2.75, 3.05) is 0 Å². The molecule has 0 aromatic heterocycles. The molecule has 0 radical (unpaired) electrons. The largest absolute Gasteiger partial charge is 1.00 e. The summed E-state index contributed by atoms with van der Waals surface area (Å²) < 4.78 is 0. The molecule has 1 N–H and O–H groups in total. The van der Waals surface area contributed by atoms with Crippen LogP contribution in [0.4, 0.5) is 0 Å². The Kier molecular flexibility index (Phi) is 17.1.